The fourth-order valence-electron chi connectivity index (χ4n) is 7.81. The second-order valence-electron chi connectivity index (χ2n) is 13.5. The number of fused-ring (bicyclic) bond motifs is 3. The molecule has 0 atom stereocenters. The highest BCUT2D eigenvalue weighted by atomic mass is 16.3. The second-order valence-corrected chi connectivity index (χ2v) is 13.5. The van der Waals surface area contributed by atoms with E-state index in [4.69, 9.17) is 44.2 Å². The fourth-order valence-corrected chi connectivity index (χ4v) is 7.81. The molecule has 10 radical (unpaired) electrons. The summed E-state index contributed by atoms with van der Waals surface area (Å²) in [6.07, 6.45) is 0. The molecule has 9 rings (SSSR count). The average Bonchev–Trinajstić information content (AvgIpc) is 3.62. The van der Waals surface area contributed by atoms with Gasteiger partial charge < -0.3 is 15.3 Å². The largest absolute Gasteiger partial charge is 0.505 e. The standard InChI is InChI=1S/C45H25B5N2O3/c46-37-33-31(25-15-11-14-24(22-25)23-12-3-1-4-13-23)36-35(39(48)43(54)44(55)42(36)53)32(34(33)38(47)41(50)40(37)49)27-18-7-8-19-28(27)45-51-29-20-9-10-21-30(29)52(45)26-16-5-2-6-17-26/h1-22,53-55H. The molecule has 3 N–H and O–H groups in total. The molecule has 0 spiro atoms. The lowest BCUT2D eigenvalue weighted by atomic mass is 9.62. The zero-order valence-electron chi connectivity index (χ0n) is 29.3. The summed E-state index contributed by atoms with van der Waals surface area (Å²) < 4.78 is 2.07. The summed E-state index contributed by atoms with van der Waals surface area (Å²) in [6.45, 7) is 0. The van der Waals surface area contributed by atoms with E-state index < -0.39 is 17.2 Å². The van der Waals surface area contributed by atoms with Crippen molar-refractivity contribution in [3.63, 3.8) is 0 Å². The van der Waals surface area contributed by atoms with Gasteiger partial charge in [0.25, 0.3) is 0 Å². The number of para-hydroxylation sites is 3. The van der Waals surface area contributed by atoms with Crippen molar-refractivity contribution in [2.45, 2.75) is 0 Å². The topological polar surface area (TPSA) is 78.5 Å². The van der Waals surface area contributed by atoms with Gasteiger partial charge in [-0.15, -0.1) is 10.9 Å². The molecule has 0 aliphatic rings. The van der Waals surface area contributed by atoms with Gasteiger partial charge in [-0.05, 0) is 79.8 Å². The normalized spacial score (nSPS) is 11.5. The van der Waals surface area contributed by atoms with Crippen molar-refractivity contribution in [3.8, 4) is 67.7 Å². The molecule has 55 heavy (non-hydrogen) atoms. The Bertz CT molecular complexity index is 2940. The van der Waals surface area contributed by atoms with Crippen molar-refractivity contribution in [1.29, 1.82) is 0 Å². The van der Waals surface area contributed by atoms with Crippen molar-refractivity contribution >= 4 is 99.1 Å². The highest BCUT2D eigenvalue weighted by Gasteiger charge is 2.29. The van der Waals surface area contributed by atoms with E-state index in [0.29, 0.717) is 44.4 Å². The van der Waals surface area contributed by atoms with E-state index in [2.05, 4.69) is 4.57 Å². The molecule has 0 aliphatic carbocycles. The molecular formula is C45H25B5N2O3. The number of hydrogen-bond acceptors (Lipinski definition) is 4. The second kappa shape index (κ2) is 13.1. The van der Waals surface area contributed by atoms with Gasteiger partial charge in [0.15, 0.2) is 17.2 Å². The maximum absolute atomic E-state index is 12.0. The van der Waals surface area contributed by atoms with Crippen LogP contribution < -0.4 is 27.3 Å². The van der Waals surface area contributed by atoms with Crippen molar-refractivity contribution in [3.05, 3.63) is 133 Å². The van der Waals surface area contributed by atoms with Gasteiger partial charge in [0.1, 0.15) is 45.1 Å². The number of aromatic hydroxyl groups is 3. The lowest BCUT2D eigenvalue weighted by Crippen LogP contribution is -2.48. The predicted molar refractivity (Wildman–Crippen MR) is 230 cm³/mol. The number of benzene rings is 8. The fraction of sp³-hybridized carbons (Fsp3) is 0. The smallest absolute Gasteiger partial charge is 0.200 e. The van der Waals surface area contributed by atoms with Crippen molar-refractivity contribution in [2.24, 2.45) is 0 Å². The van der Waals surface area contributed by atoms with Crippen LogP contribution in [0.3, 0.4) is 0 Å². The number of nitrogens with zero attached hydrogens (tertiary/aromatic N) is 2. The third-order valence-corrected chi connectivity index (χ3v) is 10.4. The molecule has 9 aromatic rings. The van der Waals surface area contributed by atoms with E-state index in [-0.39, 0.29) is 38.1 Å². The van der Waals surface area contributed by atoms with Crippen molar-refractivity contribution < 1.29 is 15.3 Å². The average molecular weight is 696 g/mol. The van der Waals surface area contributed by atoms with Crippen LogP contribution in [-0.2, 0) is 0 Å². The molecule has 8 aromatic carbocycles. The van der Waals surface area contributed by atoms with Crippen molar-refractivity contribution in [2.75, 3.05) is 0 Å². The molecular weight excluding hydrogens is 671 g/mol. The van der Waals surface area contributed by atoms with E-state index in [0.717, 1.165) is 27.8 Å². The number of hydrogen-bond donors (Lipinski definition) is 3. The number of rotatable bonds is 5. The summed E-state index contributed by atoms with van der Waals surface area (Å²) in [5, 5.41) is 35.6. The minimum absolute atomic E-state index is 0.0605. The third-order valence-electron chi connectivity index (χ3n) is 10.4. The lowest BCUT2D eigenvalue weighted by molar-refractivity contribution is 0.373. The Morgan fingerprint density at radius 3 is 1.67 bits per heavy atom. The van der Waals surface area contributed by atoms with Gasteiger partial charge in [0, 0.05) is 22.2 Å². The number of phenols is 3. The van der Waals surface area contributed by atoms with Gasteiger partial charge in [-0.25, -0.2) is 4.98 Å². The van der Waals surface area contributed by atoms with Crippen LogP contribution in [-0.4, -0.2) is 64.1 Å². The third kappa shape index (κ3) is 5.19. The highest BCUT2D eigenvalue weighted by molar-refractivity contribution is 6.68. The molecule has 0 saturated heterocycles. The van der Waals surface area contributed by atoms with Gasteiger partial charge in [-0.2, -0.15) is 0 Å². The Morgan fingerprint density at radius 2 is 0.964 bits per heavy atom. The van der Waals surface area contributed by atoms with Gasteiger partial charge in [0.05, 0.1) is 11.0 Å². The lowest BCUT2D eigenvalue weighted by Gasteiger charge is -2.27. The Labute approximate surface area is 324 Å². The van der Waals surface area contributed by atoms with E-state index >= 15 is 0 Å². The molecule has 0 amide bonds. The number of aromatic nitrogens is 2. The van der Waals surface area contributed by atoms with Crippen LogP contribution in [0.5, 0.6) is 17.2 Å². The molecule has 0 saturated carbocycles. The van der Waals surface area contributed by atoms with Gasteiger partial charge in [0.2, 0.25) is 0 Å². The zero-order chi connectivity index (χ0) is 38.1. The summed E-state index contributed by atoms with van der Waals surface area (Å²) in [5.41, 5.74) is 7.16. The maximum Gasteiger partial charge on any atom is 0.200 e. The predicted octanol–water partition coefficient (Wildman–Crippen LogP) is 5.09. The van der Waals surface area contributed by atoms with E-state index in [1.165, 1.54) is 0 Å². The Balaban J connectivity index is 1.50. The van der Waals surface area contributed by atoms with Crippen LogP contribution in [0.25, 0.3) is 83.0 Å². The van der Waals surface area contributed by atoms with Crippen LogP contribution in [0.1, 0.15) is 0 Å². The quantitative estimate of drug-likeness (QED) is 0.133. The Kier molecular flexibility index (Phi) is 8.16. The molecule has 10 heteroatoms. The minimum Gasteiger partial charge on any atom is -0.505 e. The molecule has 0 bridgehead atoms. The van der Waals surface area contributed by atoms with Gasteiger partial charge >= 0.3 is 0 Å². The molecule has 5 nitrogen and oxygen atoms in total. The van der Waals surface area contributed by atoms with Crippen LogP contribution >= 0.6 is 0 Å². The highest BCUT2D eigenvalue weighted by Crippen LogP contribution is 2.51. The number of imidazole rings is 1. The summed E-state index contributed by atoms with van der Waals surface area (Å²) in [4.78, 5) is 5.14. The Morgan fingerprint density at radius 1 is 0.418 bits per heavy atom. The Hall–Kier alpha value is -6.53. The number of phenolic OH excluding ortho intramolecular Hbond substituents is 3. The first-order valence-electron chi connectivity index (χ1n) is 17.5. The van der Waals surface area contributed by atoms with E-state index in [9.17, 15) is 15.3 Å². The molecule has 248 valence electrons. The molecule has 0 fully saturated rings. The summed E-state index contributed by atoms with van der Waals surface area (Å²) in [6, 6.07) is 42.8. The monoisotopic (exact) mass is 696 g/mol. The van der Waals surface area contributed by atoms with Crippen LogP contribution in [0, 0.1) is 0 Å². The molecule has 1 heterocycles. The van der Waals surface area contributed by atoms with Gasteiger partial charge in [-0.1, -0.05) is 114 Å². The summed E-state index contributed by atoms with van der Waals surface area (Å²) in [7, 11) is 34.1. The molecule has 1 aromatic heterocycles. The molecule has 0 aliphatic heterocycles. The zero-order valence-corrected chi connectivity index (χ0v) is 29.3. The minimum atomic E-state index is -0.787. The van der Waals surface area contributed by atoms with E-state index in [1.807, 2.05) is 133 Å². The van der Waals surface area contributed by atoms with Crippen molar-refractivity contribution in [1.82, 2.24) is 9.55 Å². The molecule has 0 unspecified atom stereocenters. The van der Waals surface area contributed by atoms with E-state index in [1.54, 1.807) is 0 Å². The van der Waals surface area contributed by atoms with Crippen LogP contribution in [0.4, 0.5) is 0 Å². The first kappa shape index (κ1) is 34.3. The summed E-state index contributed by atoms with van der Waals surface area (Å²) >= 11 is 0. The van der Waals surface area contributed by atoms with Crippen LogP contribution in [0.15, 0.2) is 133 Å². The summed E-state index contributed by atoms with van der Waals surface area (Å²) in [5.74, 6) is -1.49. The maximum atomic E-state index is 12.0. The first-order valence-corrected chi connectivity index (χ1v) is 17.5. The van der Waals surface area contributed by atoms with Gasteiger partial charge in [-0.3, -0.25) is 4.57 Å². The SMILES string of the molecule is [B]c1c([B])c([B])c2c(-c3cccc(-c4ccccc4)c3)c3c(O)c(O)c(O)c([B])c3c(-c3ccccc3-c3nc4ccccc4n3-c3ccccc3)c2c1[B]. The first-order chi connectivity index (χ1) is 26.7. The van der Waals surface area contributed by atoms with Crippen LogP contribution in [0.2, 0.25) is 0 Å².